The fraction of sp³-hybridized carbons (Fsp3) is 0.176. The van der Waals surface area contributed by atoms with Crippen molar-refractivity contribution in [2.24, 2.45) is 0 Å². The minimum absolute atomic E-state index is 0.110. The van der Waals surface area contributed by atoms with Gasteiger partial charge in [-0.2, -0.15) is 0 Å². The first kappa shape index (κ1) is 13.5. The van der Waals surface area contributed by atoms with Crippen molar-refractivity contribution in [3.05, 3.63) is 65.5 Å². The molecule has 1 amide bonds. The van der Waals surface area contributed by atoms with Crippen molar-refractivity contribution in [1.29, 1.82) is 0 Å². The second kappa shape index (κ2) is 5.48. The predicted molar refractivity (Wildman–Crippen MR) is 77.9 cm³/mol. The number of hydrogen-bond acceptors (Lipinski definition) is 2. The Morgan fingerprint density at radius 1 is 1.05 bits per heavy atom. The second-order valence-corrected chi connectivity index (χ2v) is 5.04. The number of carbonyl (C=O) groups is 2. The van der Waals surface area contributed by atoms with Crippen molar-refractivity contribution < 1.29 is 14.0 Å². The molecule has 0 bridgehead atoms. The SMILES string of the molecule is O=C(c1ccc(N2CCCC2=O)cc1)c1cccc(F)c1. The number of ketones is 1. The van der Waals surface area contributed by atoms with Crippen molar-refractivity contribution in [2.75, 3.05) is 11.4 Å². The summed E-state index contributed by atoms with van der Waals surface area (Å²) in [5.74, 6) is -0.548. The van der Waals surface area contributed by atoms with Crippen molar-refractivity contribution in [3.63, 3.8) is 0 Å². The number of carbonyl (C=O) groups excluding carboxylic acids is 2. The number of hydrogen-bond donors (Lipinski definition) is 0. The molecule has 2 aromatic rings. The van der Waals surface area contributed by atoms with Gasteiger partial charge in [0, 0.05) is 29.8 Å². The van der Waals surface area contributed by atoms with Crippen LogP contribution in [0.25, 0.3) is 0 Å². The Hall–Kier alpha value is -2.49. The number of benzene rings is 2. The van der Waals surface area contributed by atoms with Gasteiger partial charge in [-0.15, -0.1) is 0 Å². The monoisotopic (exact) mass is 283 g/mol. The van der Waals surface area contributed by atoms with E-state index in [1.807, 2.05) is 0 Å². The number of anilines is 1. The molecule has 1 heterocycles. The topological polar surface area (TPSA) is 37.4 Å². The van der Waals surface area contributed by atoms with Gasteiger partial charge in [0.1, 0.15) is 5.82 Å². The Morgan fingerprint density at radius 3 is 2.43 bits per heavy atom. The summed E-state index contributed by atoms with van der Waals surface area (Å²) < 4.78 is 13.2. The second-order valence-electron chi connectivity index (χ2n) is 5.04. The molecule has 4 heteroatoms. The molecule has 0 unspecified atom stereocenters. The molecule has 0 N–H and O–H groups in total. The molecule has 0 atom stereocenters. The molecular formula is C17H14FNO2. The smallest absolute Gasteiger partial charge is 0.227 e. The Kier molecular flexibility index (Phi) is 3.52. The molecule has 1 aliphatic heterocycles. The fourth-order valence-corrected chi connectivity index (χ4v) is 2.51. The summed E-state index contributed by atoms with van der Waals surface area (Å²) >= 11 is 0. The number of nitrogens with zero attached hydrogens (tertiary/aromatic N) is 1. The summed E-state index contributed by atoms with van der Waals surface area (Å²) in [7, 11) is 0. The summed E-state index contributed by atoms with van der Waals surface area (Å²) in [6, 6.07) is 12.5. The van der Waals surface area contributed by atoms with Crippen molar-refractivity contribution in [3.8, 4) is 0 Å². The van der Waals surface area contributed by atoms with Gasteiger partial charge in [-0.1, -0.05) is 12.1 Å². The van der Waals surface area contributed by atoms with Gasteiger partial charge in [-0.3, -0.25) is 9.59 Å². The van der Waals surface area contributed by atoms with E-state index in [1.165, 1.54) is 18.2 Å². The van der Waals surface area contributed by atoms with E-state index in [2.05, 4.69) is 0 Å². The number of halogens is 1. The van der Waals surface area contributed by atoms with Crippen LogP contribution in [0.15, 0.2) is 48.5 Å². The molecule has 1 fully saturated rings. The highest BCUT2D eigenvalue weighted by Gasteiger charge is 2.21. The van der Waals surface area contributed by atoms with Gasteiger partial charge in [0.15, 0.2) is 5.78 Å². The average molecular weight is 283 g/mol. The lowest BCUT2D eigenvalue weighted by Crippen LogP contribution is -2.23. The lowest BCUT2D eigenvalue weighted by molar-refractivity contribution is -0.117. The summed E-state index contributed by atoms with van der Waals surface area (Å²) in [5, 5.41) is 0. The molecule has 1 aliphatic rings. The van der Waals surface area contributed by atoms with Crippen LogP contribution in [0.3, 0.4) is 0 Å². The van der Waals surface area contributed by atoms with Gasteiger partial charge >= 0.3 is 0 Å². The molecule has 3 nitrogen and oxygen atoms in total. The third-order valence-corrected chi connectivity index (χ3v) is 3.60. The first-order valence-electron chi connectivity index (χ1n) is 6.86. The molecular weight excluding hydrogens is 269 g/mol. The maximum Gasteiger partial charge on any atom is 0.227 e. The van der Waals surface area contributed by atoms with E-state index in [1.54, 1.807) is 35.2 Å². The molecule has 0 radical (unpaired) electrons. The molecule has 0 aliphatic carbocycles. The van der Waals surface area contributed by atoms with Gasteiger partial charge in [0.2, 0.25) is 5.91 Å². The van der Waals surface area contributed by atoms with E-state index in [0.29, 0.717) is 17.5 Å². The van der Waals surface area contributed by atoms with E-state index >= 15 is 0 Å². The number of rotatable bonds is 3. The van der Waals surface area contributed by atoms with Gasteiger partial charge in [-0.05, 0) is 42.8 Å². The maximum absolute atomic E-state index is 13.2. The van der Waals surface area contributed by atoms with Gasteiger partial charge in [0.05, 0.1) is 0 Å². The maximum atomic E-state index is 13.2. The molecule has 0 spiro atoms. The summed E-state index contributed by atoms with van der Waals surface area (Å²) in [4.78, 5) is 25.6. The molecule has 2 aromatic carbocycles. The molecule has 1 saturated heterocycles. The van der Waals surface area contributed by atoms with E-state index in [4.69, 9.17) is 0 Å². The van der Waals surface area contributed by atoms with E-state index in [-0.39, 0.29) is 11.7 Å². The van der Waals surface area contributed by atoms with E-state index < -0.39 is 5.82 Å². The number of amides is 1. The normalized spacial score (nSPS) is 14.5. The van der Waals surface area contributed by atoms with Gasteiger partial charge < -0.3 is 4.90 Å². The van der Waals surface area contributed by atoms with Crippen LogP contribution in [0.4, 0.5) is 10.1 Å². The van der Waals surface area contributed by atoms with Crippen LogP contribution in [0, 0.1) is 5.82 Å². The van der Waals surface area contributed by atoms with Gasteiger partial charge in [-0.25, -0.2) is 4.39 Å². The Labute approximate surface area is 122 Å². The van der Waals surface area contributed by atoms with Crippen LogP contribution in [-0.2, 0) is 4.79 Å². The molecule has 0 saturated carbocycles. The highest BCUT2D eigenvalue weighted by Crippen LogP contribution is 2.22. The molecule has 106 valence electrons. The van der Waals surface area contributed by atoms with Crippen LogP contribution in [-0.4, -0.2) is 18.2 Å². The van der Waals surface area contributed by atoms with Crippen molar-refractivity contribution in [2.45, 2.75) is 12.8 Å². The minimum Gasteiger partial charge on any atom is -0.312 e. The predicted octanol–water partition coefficient (Wildman–Crippen LogP) is 3.18. The summed E-state index contributed by atoms with van der Waals surface area (Å²) in [6.07, 6.45) is 1.44. The first-order chi connectivity index (χ1) is 10.1. The fourth-order valence-electron chi connectivity index (χ4n) is 2.51. The zero-order chi connectivity index (χ0) is 14.8. The highest BCUT2D eigenvalue weighted by molar-refractivity contribution is 6.09. The van der Waals surface area contributed by atoms with E-state index in [0.717, 1.165) is 18.7 Å². The zero-order valence-corrected chi connectivity index (χ0v) is 11.4. The Balaban J connectivity index is 1.84. The highest BCUT2D eigenvalue weighted by atomic mass is 19.1. The molecule has 0 aromatic heterocycles. The zero-order valence-electron chi connectivity index (χ0n) is 11.4. The summed E-state index contributed by atoms with van der Waals surface area (Å²) in [5.41, 5.74) is 1.60. The minimum atomic E-state index is -0.430. The van der Waals surface area contributed by atoms with Crippen LogP contribution in [0.5, 0.6) is 0 Å². The van der Waals surface area contributed by atoms with Gasteiger partial charge in [0.25, 0.3) is 0 Å². The Morgan fingerprint density at radius 2 is 1.81 bits per heavy atom. The lowest BCUT2D eigenvalue weighted by Gasteiger charge is -2.15. The Bertz CT molecular complexity index is 694. The quantitative estimate of drug-likeness (QED) is 0.811. The van der Waals surface area contributed by atoms with Crippen molar-refractivity contribution in [1.82, 2.24) is 0 Å². The van der Waals surface area contributed by atoms with Crippen LogP contribution in [0.2, 0.25) is 0 Å². The largest absolute Gasteiger partial charge is 0.312 e. The summed E-state index contributed by atoms with van der Waals surface area (Å²) in [6.45, 7) is 0.718. The average Bonchev–Trinajstić information content (AvgIpc) is 2.93. The third-order valence-electron chi connectivity index (χ3n) is 3.60. The van der Waals surface area contributed by atoms with Crippen LogP contribution >= 0.6 is 0 Å². The molecule has 3 rings (SSSR count). The van der Waals surface area contributed by atoms with Crippen molar-refractivity contribution >= 4 is 17.4 Å². The third kappa shape index (κ3) is 2.70. The lowest BCUT2D eigenvalue weighted by atomic mass is 10.0. The molecule has 21 heavy (non-hydrogen) atoms. The van der Waals surface area contributed by atoms with Crippen LogP contribution < -0.4 is 4.90 Å². The van der Waals surface area contributed by atoms with E-state index in [9.17, 15) is 14.0 Å². The standard InChI is InChI=1S/C17H14FNO2/c18-14-4-1-3-13(11-14)17(21)12-6-8-15(9-7-12)19-10-2-5-16(19)20/h1,3-4,6-9,11H,2,5,10H2. The van der Waals surface area contributed by atoms with Crippen LogP contribution in [0.1, 0.15) is 28.8 Å². The first-order valence-corrected chi connectivity index (χ1v) is 6.86.